The quantitative estimate of drug-likeness (QED) is 0.888. The van der Waals surface area contributed by atoms with E-state index in [4.69, 9.17) is 11.6 Å². The minimum Gasteiger partial charge on any atom is -0.391 e. The van der Waals surface area contributed by atoms with Crippen LogP contribution in [0.25, 0.3) is 0 Å². The first kappa shape index (κ1) is 12.5. The summed E-state index contributed by atoms with van der Waals surface area (Å²) in [6, 6.07) is 0. The SMILES string of the molecule is CCN1CCC(c2nc(Cl)c3n2CC(O)CC3)C1. The number of likely N-dealkylation sites (tertiary alicyclic amines) is 1. The van der Waals surface area contributed by atoms with Crippen molar-refractivity contribution in [3.63, 3.8) is 0 Å². The van der Waals surface area contributed by atoms with E-state index >= 15 is 0 Å². The van der Waals surface area contributed by atoms with E-state index in [0.29, 0.717) is 17.6 Å². The number of fused-ring (bicyclic) bond motifs is 1. The summed E-state index contributed by atoms with van der Waals surface area (Å²) < 4.78 is 2.17. The number of aliphatic hydroxyl groups excluding tert-OH is 1. The van der Waals surface area contributed by atoms with Crippen molar-refractivity contribution < 1.29 is 5.11 Å². The third kappa shape index (κ3) is 2.06. The van der Waals surface area contributed by atoms with Crippen LogP contribution in [0.3, 0.4) is 0 Å². The van der Waals surface area contributed by atoms with Crippen molar-refractivity contribution in [1.29, 1.82) is 0 Å². The number of hydrogen-bond acceptors (Lipinski definition) is 3. The highest BCUT2D eigenvalue weighted by molar-refractivity contribution is 6.30. The lowest BCUT2D eigenvalue weighted by Gasteiger charge is -2.23. The Balaban J connectivity index is 1.89. The van der Waals surface area contributed by atoms with Gasteiger partial charge in [0.1, 0.15) is 5.82 Å². The van der Waals surface area contributed by atoms with Crippen molar-refractivity contribution in [3.8, 4) is 0 Å². The number of hydrogen-bond donors (Lipinski definition) is 1. The molecule has 3 rings (SSSR count). The zero-order chi connectivity index (χ0) is 12.7. The lowest BCUT2D eigenvalue weighted by atomic mass is 10.1. The van der Waals surface area contributed by atoms with Crippen LogP contribution < -0.4 is 0 Å². The molecule has 18 heavy (non-hydrogen) atoms. The molecule has 100 valence electrons. The number of aromatic nitrogens is 2. The van der Waals surface area contributed by atoms with Crippen molar-refractivity contribution in [2.24, 2.45) is 0 Å². The van der Waals surface area contributed by atoms with E-state index in [2.05, 4.69) is 21.4 Å². The van der Waals surface area contributed by atoms with Crippen LogP contribution in [-0.2, 0) is 13.0 Å². The minimum absolute atomic E-state index is 0.245. The third-order valence-electron chi connectivity index (χ3n) is 4.25. The highest BCUT2D eigenvalue weighted by atomic mass is 35.5. The molecule has 1 aromatic rings. The second-order valence-electron chi connectivity index (χ2n) is 5.39. The van der Waals surface area contributed by atoms with E-state index in [1.165, 1.54) is 0 Å². The largest absolute Gasteiger partial charge is 0.391 e. The topological polar surface area (TPSA) is 41.3 Å². The van der Waals surface area contributed by atoms with E-state index in [1.807, 2.05) is 0 Å². The summed E-state index contributed by atoms with van der Waals surface area (Å²) in [5, 5.41) is 10.5. The normalized spacial score (nSPS) is 28.6. The van der Waals surface area contributed by atoms with Crippen LogP contribution >= 0.6 is 11.6 Å². The molecule has 2 aliphatic heterocycles. The maximum Gasteiger partial charge on any atom is 0.150 e. The summed E-state index contributed by atoms with van der Waals surface area (Å²) >= 11 is 6.23. The van der Waals surface area contributed by atoms with Gasteiger partial charge in [0.05, 0.1) is 18.3 Å². The first-order valence-corrected chi connectivity index (χ1v) is 7.22. The van der Waals surface area contributed by atoms with Gasteiger partial charge in [-0.15, -0.1) is 0 Å². The Kier molecular flexibility index (Phi) is 3.34. The van der Waals surface area contributed by atoms with Crippen molar-refractivity contribution >= 4 is 11.6 Å². The van der Waals surface area contributed by atoms with Crippen LogP contribution in [0.2, 0.25) is 5.15 Å². The molecular formula is C13H20ClN3O. The Morgan fingerprint density at radius 3 is 2.94 bits per heavy atom. The Morgan fingerprint density at radius 1 is 1.39 bits per heavy atom. The molecule has 0 saturated carbocycles. The summed E-state index contributed by atoms with van der Waals surface area (Å²) in [7, 11) is 0. The molecule has 1 fully saturated rings. The van der Waals surface area contributed by atoms with E-state index in [0.717, 1.165) is 50.4 Å². The second kappa shape index (κ2) is 4.83. The number of halogens is 1. The van der Waals surface area contributed by atoms with Crippen molar-refractivity contribution in [1.82, 2.24) is 14.5 Å². The van der Waals surface area contributed by atoms with Crippen LogP contribution in [0.5, 0.6) is 0 Å². The van der Waals surface area contributed by atoms with Crippen molar-refractivity contribution in [3.05, 3.63) is 16.7 Å². The molecule has 2 aliphatic rings. The summed E-state index contributed by atoms with van der Waals surface area (Å²) in [6.07, 6.45) is 2.55. The Bertz CT molecular complexity index is 446. The van der Waals surface area contributed by atoms with Gasteiger partial charge in [-0.05, 0) is 32.4 Å². The molecule has 4 nitrogen and oxygen atoms in total. The Labute approximate surface area is 113 Å². The van der Waals surface area contributed by atoms with Gasteiger partial charge >= 0.3 is 0 Å². The van der Waals surface area contributed by atoms with E-state index in [9.17, 15) is 5.11 Å². The summed E-state index contributed by atoms with van der Waals surface area (Å²) in [4.78, 5) is 7.01. The van der Waals surface area contributed by atoms with Gasteiger partial charge in [-0.1, -0.05) is 18.5 Å². The predicted molar refractivity (Wildman–Crippen MR) is 71.0 cm³/mol. The average Bonchev–Trinajstić information content (AvgIpc) is 2.94. The highest BCUT2D eigenvalue weighted by Gasteiger charge is 2.31. The molecule has 2 atom stereocenters. The number of rotatable bonds is 2. The molecule has 1 saturated heterocycles. The van der Waals surface area contributed by atoms with Gasteiger partial charge < -0.3 is 14.6 Å². The van der Waals surface area contributed by atoms with Gasteiger partial charge in [0.2, 0.25) is 0 Å². The zero-order valence-electron chi connectivity index (χ0n) is 10.8. The molecule has 5 heteroatoms. The second-order valence-corrected chi connectivity index (χ2v) is 5.75. The van der Waals surface area contributed by atoms with Crippen LogP contribution in [-0.4, -0.2) is 45.3 Å². The third-order valence-corrected chi connectivity index (χ3v) is 4.55. The van der Waals surface area contributed by atoms with Gasteiger partial charge in [-0.2, -0.15) is 0 Å². The zero-order valence-corrected chi connectivity index (χ0v) is 11.5. The van der Waals surface area contributed by atoms with Crippen LogP contribution in [0, 0.1) is 0 Å². The number of imidazole rings is 1. The molecule has 0 aliphatic carbocycles. The first-order valence-electron chi connectivity index (χ1n) is 6.84. The number of likely N-dealkylation sites (N-methyl/N-ethyl adjacent to an activating group) is 1. The van der Waals surface area contributed by atoms with Gasteiger partial charge in [-0.3, -0.25) is 0 Å². The molecule has 1 N–H and O–H groups in total. The van der Waals surface area contributed by atoms with E-state index in [-0.39, 0.29) is 6.10 Å². The van der Waals surface area contributed by atoms with E-state index in [1.54, 1.807) is 0 Å². The maximum atomic E-state index is 9.83. The molecule has 2 unspecified atom stereocenters. The maximum absolute atomic E-state index is 9.83. The molecule has 0 radical (unpaired) electrons. The fourth-order valence-electron chi connectivity index (χ4n) is 3.16. The van der Waals surface area contributed by atoms with Crippen LogP contribution in [0.15, 0.2) is 0 Å². The predicted octanol–water partition coefficient (Wildman–Crippen LogP) is 1.65. The minimum atomic E-state index is -0.245. The molecule has 0 bridgehead atoms. The molecule has 1 aromatic heterocycles. The summed E-state index contributed by atoms with van der Waals surface area (Å²) in [6.45, 7) is 6.16. The smallest absolute Gasteiger partial charge is 0.150 e. The molecule has 0 aromatic carbocycles. The lowest BCUT2D eigenvalue weighted by molar-refractivity contribution is 0.129. The Morgan fingerprint density at radius 2 is 2.22 bits per heavy atom. The van der Waals surface area contributed by atoms with Gasteiger partial charge in [-0.25, -0.2) is 4.98 Å². The first-order chi connectivity index (χ1) is 8.69. The molecule has 3 heterocycles. The molecule has 0 amide bonds. The lowest BCUT2D eigenvalue weighted by Crippen LogP contribution is -2.27. The van der Waals surface area contributed by atoms with Crippen LogP contribution in [0.1, 0.15) is 37.2 Å². The fourth-order valence-corrected chi connectivity index (χ4v) is 3.45. The van der Waals surface area contributed by atoms with Crippen molar-refractivity contribution in [2.45, 2.75) is 44.8 Å². The van der Waals surface area contributed by atoms with Gasteiger partial charge in [0.25, 0.3) is 0 Å². The highest BCUT2D eigenvalue weighted by Crippen LogP contribution is 2.32. The standard InChI is InChI=1S/C13H20ClN3O/c1-2-16-6-5-9(7-16)13-15-12(14)11-4-3-10(18)8-17(11)13/h9-10,18H,2-8H2,1H3. The van der Waals surface area contributed by atoms with Crippen LogP contribution in [0.4, 0.5) is 0 Å². The van der Waals surface area contributed by atoms with Crippen molar-refractivity contribution in [2.75, 3.05) is 19.6 Å². The monoisotopic (exact) mass is 269 g/mol. The number of aliphatic hydroxyl groups is 1. The summed E-state index contributed by atoms with van der Waals surface area (Å²) in [5.41, 5.74) is 1.12. The number of nitrogens with zero attached hydrogens (tertiary/aromatic N) is 3. The summed E-state index contributed by atoms with van der Waals surface area (Å²) in [5.74, 6) is 1.56. The van der Waals surface area contributed by atoms with E-state index < -0.39 is 0 Å². The molecular weight excluding hydrogens is 250 g/mol. The fraction of sp³-hybridized carbons (Fsp3) is 0.769. The molecule has 0 spiro atoms. The van der Waals surface area contributed by atoms with Gasteiger partial charge in [0.15, 0.2) is 5.15 Å². The van der Waals surface area contributed by atoms with Gasteiger partial charge in [0, 0.05) is 12.5 Å². The Hall–Kier alpha value is -0.580. The average molecular weight is 270 g/mol.